The standard InChI is InChI=1S/C23H21F2N5O2S/c1-30-13-21-19(22(30)23(31)28-17-7-9-20(25)15(11-17)12-26)8-6-18(29-33(21,27)32)10-14-2-4-16(24)5-3-14/h2-5,7,9,11,13,18H,6,8,10H2,1H3,(H,28,31)(H2,27,29,32)/t18-,33?/m1/s1. The Labute approximate surface area is 190 Å². The Morgan fingerprint density at radius 2 is 2.03 bits per heavy atom. The smallest absolute Gasteiger partial charge is 0.272 e. The van der Waals surface area contributed by atoms with Crippen LogP contribution in [0.1, 0.15) is 33.6 Å². The van der Waals surface area contributed by atoms with E-state index in [1.54, 1.807) is 25.2 Å². The second kappa shape index (κ2) is 8.77. The van der Waals surface area contributed by atoms with Gasteiger partial charge in [0.1, 0.15) is 33.3 Å². The van der Waals surface area contributed by atoms with Crippen molar-refractivity contribution in [3.05, 3.63) is 82.7 Å². The fourth-order valence-electron chi connectivity index (χ4n) is 4.04. The van der Waals surface area contributed by atoms with E-state index in [1.807, 2.05) is 0 Å². The van der Waals surface area contributed by atoms with Crippen LogP contribution in [0.2, 0.25) is 0 Å². The summed E-state index contributed by atoms with van der Waals surface area (Å²) in [5.41, 5.74) is 1.66. The first-order chi connectivity index (χ1) is 15.7. The lowest BCUT2D eigenvalue weighted by molar-refractivity contribution is 0.101. The molecule has 33 heavy (non-hydrogen) atoms. The predicted molar refractivity (Wildman–Crippen MR) is 119 cm³/mol. The monoisotopic (exact) mass is 469 g/mol. The summed E-state index contributed by atoms with van der Waals surface area (Å²) in [6.45, 7) is 0. The van der Waals surface area contributed by atoms with Crippen molar-refractivity contribution in [2.45, 2.75) is 30.2 Å². The molecule has 3 N–H and O–H groups in total. The molecular weight excluding hydrogens is 448 g/mol. The summed E-state index contributed by atoms with van der Waals surface area (Å²) >= 11 is 0. The number of halogens is 2. The fourth-order valence-corrected chi connectivity index (χ4v) is 5.69. The van der Waals surface area contributed by atoms with E-state index >= 15 is 0 Å². The maximum absolute atomic E-state index is 13.6. The van der Waals surface area contributed by atoms with Crippen LogP contribution in [0.5, 0.6) is 0 Å². The highest BCUT2D eigenvalue weighted by Gasteiger charge is 2.31. The molecule has 2 heterocycles. The first kappa shape index (κ1) is 22.6. The van der Waals surface area contributed by atoms with E-state index in [9.17, 15) is 17.8 Å². The number of aryl methyl sites for hydroxylation is 1. The molecule has 0 saturated heterocycles. The molecule has 0 fully saturated rings. The van der Waals surface area contributed by atoms with Gasteiger partial charge in [-0.3, -0.25) is 4.79 Å². The molecule has 3 aromatic rings. The SMILES string of the molecule is Cn1cc2c(c1C(=O)Nc1ccc(F)c(C#N)c1)CC[C@H](Cc1ccc(F)cc1)NS2(=N)=O. The minimum atomic E-state index is -3.40. The van der Waals surface area contributed by atoms with Crippen molar-refractivity contribution < 1.29 is 17.8 Å². The lowest BCUT2D eigenvalue weighted by atomic mass is 9.99. The molecule has 4 rings (SSSR count). The van der Waals surface area contributed by atoms with Crippen LogP contribution in [0.4, 0.5) is 14.5 Å². The number of fused-ring (bicyclic) bond motifs is 1. The van der Waals surface area contributed by atoms with E-state index < -0.39 is 21.6 Å². The molecule has 0 bridgehead atoms. The van der Waals surface area contributed by atoms with Crippen molar-refractivity contribution in [2.24, 2.45) is 7.05 Å². The van der Waals surface area contributed by atoms with Crippen LogP contribution in [0, 0.1) is 27.7 Å². The molecule has 170 valence electrons. The summed E-state index contributed by atoms with van der Waals surface area (Å²) in [4.78, 5) is 13.3. The number of benzene rings is 2. The number of nitrogens with one attached hydrogen (secondary N) is 3. The predicted octanol–water partition coefficient (Wildman–Crippen LogP) is 3.90. The van der Waals surface area contributed by atoms with Crippen LogP contribution in [0.15, 0.2) is 53.6 Å². The molecule has 0 spiro atoms. The number of anilines is 1. The molecule has 1 amide bonds. The van der Waals surface area contributed by atoms with Gasteiger partial charge in [-0.15, -0.1) is 0 Å². The van der Waals surface area contributed by atoms with Crippen LogP contribution < -0.4 is 10.0 Å². The molecule has 0 saturated carbocycles. The Kier molecular flexibility index (Phi) is 6.01. The third-order valence-corrected chi connectivity index (χ3v) is 7.22. The Balaban J connectivity index is 1.61. The molecule has 1 aromatic heterocycles. The van der Waals surface area contributed by atoms with Gasteiger partial charge >= 0.3 is 0 Å². The van der Waals surface area contributed by atoms with Gasteiger partial charge in [0, 0.05) is 30.5 Å². The van der Waals surface area contributed by atoms with Gasteiger partial charge in [0.25, 0.3) is 5.91 Å². The molecule has 1 unspecified atom stereocenters. The molecule has 0 radical (unpaired) electrons. The number of nitrogens with zero attached hydrogens (tertiary/aromatic N) is 2. The van der Waals surface area contributed by atoms with Crippen molar-refractivity contribution in [1.29, 1.82) is 10.0 Å². The maximum atomic E-state index is 13.6. The van der Waals surface area contributed by atoms with Crippen LogP contribution >= 0.6 is 0 Å². The highest BCUT2D eigenvalue weighted by atomic mass is 32.2. The zero-order valence-electron chi connectivity index (χ0n) is 17.7. The van der Waals surface area contributed by atoms with Crippen molar-refractivity contribution in [3.8, 4) is 6.07 Å². The van der Waals surface area contributed by atoms with Crippen molar-refractivity contribution in [2.75, 3.05) is 5.32 Å². The largest absolute Gasteiger partial charge is 0.345 e. The number of carbonyl (C=O) groups is 1. The van der Waals surface area contributed by atoms with E-state index in [-0.39, 0.29) is 33.7 Å². The Morgan fingerprint density at radius 3 is 2.73 bits per heavy atom. The van der Waals surface area contributed by atoms with Crippen LogP contribution in [-0.4, -0.2) is 20.7 Å². The third kappa shape index (κ3) is 4.65. The molecule has 2 atom stereocenters. The number of hydrogen-bond donors (Lipinski definition) is 3. The Bertz CT molecular complexity index is 1380. The molecular formula is C23H21F2N5O2S. The second-order valence-corrected chi connectivity index (χ2v) is 9.72. The number of aromatic nitrogens is 1. The second-order valence-electron chi connectivity index (χ2n) is 7.93. The molecule has 1 aliphatic rings. The minimum absolute atomic E-state index is 0.194. The summed E-state index contributed by atoms with van der Waals surface area (Å²) in [5, 5.41) is 11.7. The van der Waals surface area contributed by atoms with Crippen molar-refractivity contribution in [1.82, 2.24) is 9.29 Å². The molecule has 2 aromatic carbocycles. The molecule has 10 heteroatoms. The average Bonchev–Trinajstić information content (AvgIpc) is 3.06. The van der Waals surface area contributed by atoms with Gasteiger partial charge < -0.3 is 9.88 Å². The first-order valence-electron chi connectivity index (χ1n) is 10.2. The van der Waals surface area contributed by atoms with E-state index in [4.69, 9.17) is 10.0 Å². The fraction of sp³-hybridized carbons (Fsp3) is 0.217. The lowest BCUT2D eigenvalue weighted by Gasteiger charge is -2.17. The Hall–Kier alpha value is -3.55. The lowest BCUT2D eigenvalue weighted by Crippen LogP contribution is -2.34. The number of nitriles is 1. The van der Waals surface area contributed by atoms with Crippen LogP contribution in [0.3, 0.4) is 0 Å². The van der Waals surface area contributed by atoms with Gasteiger partial charge in [-0.1, -0.05) is 12.1 Å². The van der Waals surface area contributed by atoms with Gasteiger partial charge in [-0.05, 0) is 55.2 Å². The summed E-state index contributed by atoms with van der Waals surface area (Å²) in [6, 6.07) is 11.1. The van der Waals surface area contributed by atoms with Gasteiger partial charge in [-0.25, -0.2) is 22.5 Å². The molecule has 7 nitrogen and oxygen atoms in total. The highest BCUT2D eigenvalue weighted by Crippen LogP contribution is 2.29. The van der Waals surface area contributed by atoms with E-state index in [0.29, 0.717) is 24.8 Å². The van der Waals surface area contributed by atoms with Gasteiger partial charge in [0.05, 0.1) is 10.5 Å². The van der Waals surface area contributed by atoms with E-state index in [2.05, 4.69) is 10.0 Å². The molecule has 1 aliphatic heterocycles. The van der Waals surface area contributed by atoms with Gasteiger partial charge in [0.15, 0.2) is 0 Å². The van der Waals surface area contributed by atoms with Crippen LogP contribution in [-0.2, 0) is 29.8 Å². The molecule has 0 aliphatic carbocycles. The average molecular weight is 470 g/mol. The quantitative estimate of drug-likeness (QED) is 0.539. The zero-order valence-corrected chi connectivity index (χ0v) is 18.5. The van der Waals surface area contributed by atoms with Gasteiger partial charge in [0.2, 0.25) is 0 Å². The summed E-state index contributed by atoms with van der Waals surface area (Å²) in [5.74, 6) is -1.54. The number of amides is 1. The third-order valence-electron chi connectivity index (χ3n) is 5.59. The maximum Gasteiger partial charge on any atom is 0.272 e. The first-order valence-corrected chi connectivity index (χ1v) is 11.7. The van der Waals surface area contributed by atoms with E-state index in [0.717, 1.165) is 11.6 Å². The minimum Gasteiger partial charge on any atom is -0.345 e. The summed E-state index contributed by atoms with van der Waals surface area (Å²) in [7, 11) is -1.77. The Morgan fingerprint density at radius 1 is 1.30 bits per heavy atom. The number of rotatable bonds is 4. The highest BCUT2D eigenvalue weighted by molar-refractivity contribution is 7.90. The summed E-state index contributed by atoms with van der Waals surface area (Å²) < 4.78 is 52.9. The van der Waals surface area contributed by atoms with E-state index in [1.165, 1.54) is 35.0 Å². The van der Waals surface area contributed by atoms with Crippen LogP contribution in [0.25, 0.3) is 0 Å². The van der Waals surface area contributed by atoms with Gasteiger partial charge in [-0.2, -0.15) is 5.26 Å². The topological polar surface area (TPSA) is 111 Å². The normalized spacial score (nSPS) is 19.9. The zero-order chi connectivity index (χ0) is 23.8. The summed E-state index contributed by atoms with van der Waals surface area (Å²) in [6.07, 6.45) is 2.89. The number of hydrogen-bond acceptors (Lipinski definition) is 4. The van der Waals surface area contributed by atoms with Crippen molar-refractivity contribution in [3.63, 3.8) is 0 Å². The van der Waals surface area contributed by atoms with Crippen molar-refractivity contribution >= 4 is 21.5 Å². The number of carbonyl (C=O) groups excluding carboxylic acids is 1.